The number of hydrogen-bond acceptors (Lipinski definition) is 2. The van der Waals surface area contributed by atoms with Crippen LogP contribution < -0.4 is 0 Å². The van der Waals surface area contributed by atoms with Crippen LogP contribution in [-0.2, 0) is 6.54 Å². The molecule has 1 aliphatic rings. The van der Waals surface area contributed by atoms with Crippen molar-refractivity contribution in [1.29, 1.82) is 0 Å². The lowest BCUT2D eigenvalue weighted by Gasteiger charge is -2.29. The van der Waals surface area contributed by atoms with Gasteiger partial charge in [0.05, 0.1) is 0 Å². The largest absolute Gasteiger partial charge is 0.508 e. The number of benzene rings is 1. The van der Waals surface area contributed by atoms with Gasteiger partial charge in [-0.3, -0.25) is 4.90 Å². The summed E-state index contributed by atoms with van der Waals surface area (Å²) in [6, 6.07) is 5.01. The second kappa shape index (κ2) is 7.07. The van der Waals surface area contributed by atoms with Crippen LogP contribution in [0.3, 0.4) is 0 Å². The minimum Gasteiger partial charge on any atom is -0.508 e. The van der Waals surface area contributed by atoms with Crippen molar-refractivity contribution in [2.75, 3.05) is 6.54 Å². The minimum atomic E-state index is -0.352. The molecule has 0 aliphatic heterocycles. The number of phenols is 1. The smallest absolute Gasteiger partial charge is 0.127 e. The summed E-state index contributed by atoms with van der Waals surface area (Å²) in [5.41, 5.74) is 0.873. The van der Waals surface area contributed by atoms with E-state index in [-0.39, 0.29) is 11.6 Å². The van der Waals surface area contributed by atoms with Gasteiger partial charge in [-0.15, -0.1) is 0 Å². The van der Waals surface area contributed by atoms with Gasteiger partial charge < -0.3 is 5.11 Å². The third-order valence-electron chi connectivity index (χ3n) is 4.16. The van der Waals surface area contributed by atoms with E-state index in [1.807, 2.05) is 0 Å². The Morgan fingerprint density at radius 1 is 1.25 bits per heavy atom. The van der Waals surface area contributed by atoms with Crippen LogP contribution >= 0.6 is 0 Å². The summed E-state index contributed by atoms with van der Waals surface area (Å²) in [4.78, 5) is 2.47. The Kier molecular flexibility index (Phi) is 5.41. The summed E-state index contributed by atoms with van der Waals surface area (Å²) in [7, 11) is 0. The highest BCUT2D eigenvalue weighted by atomic mass is 19.1. The lowest BCUT2D eigenvalue weighted by Crippen LogP contribution is -2.34. The summed E-state index contributed by atoms with van der Waals surface area (Å²) >= 11 is 0. The lowest BCUT2D eigenvalue weighted by molar-refractivity contribution is 0.179. The molecule has 0 unspecified atom stereocenters. The first kappa shape index (κ1) is 15.3. The van der Waals surface area contributed by atoms with E-state index in [1.165, 1.54) is 31.7 Å². The van der Waals surface area contributed by atoms with Crippen LogP contribution in [0.5, 0.6) is 5.75 Å². The van der Waals surface area contributed by atoms with Crippen LogP contribution in [0.1, 0.15) is 51.5 Å². The number of hydrogen-bond donors (Lipinski definition) is 1. The Bertz CT molecular complexity index is 407. The number of aromatic hydroxyl groups is 1. The molecule has 112 valence electrons. The molecule has 3 heteroatoms. The third kappa shape index (κ3) is 4.48. The fourth-order valence-corrected chi connectivity index (χ4v) is 3.04. The Hall–Kier alpha value is -1.09. The van der Waals surface area contributed by atoms with Crippen molar-refractivity contribution in [2.24, 2.45) is 5.92 Å². The zero-order valence-corrected chi connectivity index (χ0v) is 12.6. The van der Waals surface area contributed by atoms with Gasteiger partial charge in [0.2, 0.25) is 0 Å². The van der Waals surface area contributed by atoms with E-state index in [0.29, 0.717) is 12.0 Å². The molecule has 1 fully saturated rings. The third-order valence-corrected chi connectivity index (χ3v) is 4.16. The minimum absolute atomic E-state index is 0.0234. The van der Waals surface area contributed by atoms with E-state index < -0.39 is 0 Å². The van der Waals surface area contributed by atoms with Gasteiger partial charge in [-0.05, 0) is 49.4 Å². The predicted molar refractivity (Wildman–Crippen MR) is 80.2 cm³/mol. The first-order valence-electron chi connectivity index (χ1n) is 7.77. The first-order chi connectivity index (χ1) is 9.54. The second-order valence-corrected chi connectivity index (χ2v) is 6.41. The van der Waals surface area contributed by atoms with Gasteiger partial charge in [0.25, 0.3) is 0 Å². The molecule has 0 spiro atoms. The molecule has 2 rings (SSSR count). The van der Waals surface area contributed by atoms with Crippen molar-refractivity contribution < 1.29 is 9.50 Å². The zero-order valence-electron chi connectivity index (χ0n) is 12.6. The molecule has 1 saturated carbocycles. The van der Waals surface area contributed by atoms with Gasteiger partial charge in [0.15, 0.2) is 0 Å². The molecule has 1 aromatic carbocycles. The van der Waals surface area contributed by atoms with Crippen LogP contribution in [0.2, 0.25) is 0 Å². The zero-order chi connectivity index (χ0) is 14.5. The van der Waals surface area contributed by atoms with E-state index in [1.54, 1.807) is 6.07 Å². The van der Waals surface area contributed by atoms with Crippen molar-refractivity contribution in [2.45, 2.75) is 58.5 Å². The monoisotopic (exact) mass is 279 g/mol. The van der Waals surface area contributed by atoms with Crippen LogP contribution in [0.15, 0.2) is 18.2 Å². The predicted octanol–water partition coefficient (Wildman–Crippen LogP) is 4.32. The number of halogens is 1. The maximum absolute atomic E-state index is 13.4. The topological polar surface area (TPSA) is 23.5 Å². The number of rotatable bonds is 6. The summed E-state index contributed by atoms with van der Waals surface area (Å²) in [6.45, 7) is 6.27. The van der Waals surface area contributed by atoms with Crippen LogP contribution in [-0.4, -0.2) is 22.6 Å². The Morgan fingerprint density at radius 2 is 1.95 bits per heavy atom. The molecule has 2 nitrogen and oxygen atoms in total. The number of nitrogens with zero attached hydrogens (tertiary/aromatic N) is 1. The molecule has 0 bridgehead atoms. The summed E-state index contributed by atoms with van der Waals surface area (Å²) < 4.78 is 13.4. The normalized spacial score (nSPS) is 16.4. The average molecular weight is 279 g/mol. The van der Waals surface area contributed by atoms with Crippen molar-refractivity contribution >= 4 is 0 Å². The van der Waals surface area contributed by atoms with Gasteiger partial charge >= 0.3 is 0 Å². The highest BCUT2D eigenvalue weighted by molar-refractivity contribution is 5.28. The van der Waals surface area contributed by atoms with Gasteiger partial charge in [-0.25, -0.2) is 4.39 Å². The quantitative estimate of drug-likeness (QED) is 0.838. The fourth-order valence-electron chi connectivity index (χ4n) is 3.04. The standard InChI is InChI=1S/C17H26FNO/c1-13(2)7-8-19(16-5-3-4-6-16)12-14-9-15(18)11-17(20)10-14/h9-11,13,16,20H,3-8,12H2,1-2H3. The summed E-state index contributed by atoms with van der Waals surface area (Å²) in [5.74, 6) is 0.352. The summed E-state index contributed by atoms with van der Waals surface area (Å²) in [6.07, 6.45) is 6.27. The molecular weight excluding hydrogens is 253 g/mol. The molecule has 0 saturated heterocycles. The maximum atomic E-state index is 13.4. The Morgan fingerprint density at radius 3 is 2.55 bits per heavy atom. The van der Waals surface area contributed by atoms with Crippen molar-refractivity contribution in [1.82, 2.24) is 4.90 Å². The van der Waals surface area contributed by atoms with Gasteiger partial charge in [0, 0.05) is 18.7 Å². The fraction of sp³-hybridized carbons (Fsp3) is 0.647. The van der Waals surface area contributed by atoms with Crippen molar-refractivity contribution in [3.63, 3.8) is 0 Å². The van der Waals surface area contributed by atoms with E-state index in [0.717, 1.165) is 31.1 Å². The SMILES string of the molecule is CC(C)CCN(Cc1cc(O)cc(F)c1)C1CCCC1. The lowest BCUT2D eigenvalue weighted by atomic mass is 10.1. The van der Waals surface area contributed by atoms with Crippen LogP contribution in [0.25, 0.3) is 0 Å². The van der Waals surface area contributed by atoms with Gasteiger partial charge in [-0.2, -0.15) is 0 Å². The van der Waals surface area contributed by atoms with E-state index >= 15 is 0 Å². The highest BCUT2D eigenvalue weighted by Gasteiger charge is 2.22. The van der Waals surface area contributed by atoms with Crippen LogP contribution in [0, 0.1) is 11.7 Å². The molecule has 20 heavy (non-hydrogen) atoms. The molecular formula is C17H26FNO. The Labute approximate surface area is 121 Å². The molecule has 0 amide bonds. The van der Waals surface area contributed by atoms with E-state index in [2.05, 4.69) is 18.7 Å². The molecule has 1 N–H and O–H groups in total. The molecule has 0 radical (unpaired) electrons. The second-order valence-electron chi connectivity index (χ2n) is 6.41. The molecule has 1 aromatic rings. The van der Waals surface area contributed by atoms with Crippen molar-refractivity contribution in [3.05, 3.63) is 29.6 Å². The van der Waals surface area contributed by atoms with Crippen LogP contribution in [0.4, 0.5) is 4.39 Å². The number of phenolic OH excluding ortho intramolecular Hbond substituents is 1. The van der Waals surface area contributed by atoms with Gasteiger partial charge in [-0.1, -0.05) is 26.7 Å². The van der Waals surface area contributed by atoms with E-state index in [9.17, 15) is 9.50 Å². The first-order valence-corrected chi connectivity index (χ1v) is 7.77. The maximum Gasteiger partial charge on any atom is 0.127 e. The van der Waals surface area contributed by atoms with E-state index in [4.69, 9.17) is 0 Å². The average Bonchev–Trinajstić information content (AvgIpc) is 2.86. The highest BCUT2D eigenvalue weighted by Crippen LogP contribution is 2.26. The molecule has 0 heterocycles. The van der Waals surface area contributed by atoms with Crippen molar-refractivity contribution in [3.8, 4) is 5.75 Å². The Balaban J connectivity index is 2.05. The molecule has 1 aliphatic carbocycles. The summed E-state index contributed by atoms with van der Waals surface area (Å²) in [5, 5.41) is 9.53. The molecule has 0 aromatic heterocycles. The molecule has 0 atom stereocenters. The van der Waals surface area contributed by atoms with Gasteiger partial charge in [0.1, 0.15) is 11.6 Å².